The Morgan fingerprint density at radius 2 is 2.06 bits per heavy atom. The summed E-state index contributed by atoms with van der Waals surface area (Å²) in [5.41, 5.74) is 6.17. The zero-order valence-corrected chi connectivity index (χ0v) is 10.7. The van der Waals surface area contributed by atoms with Gasteiger partial charge in [-0.25, -0.2) is 0 Å². The third kappa shape index (κ3) is 2.96. The second-order valence-corrected chi connectivity index (χ2v) is 5.77. The third-order valence-electron chi connectivity index (χ3n) is 4.25. The molecule has 2 N–H and O–H groups in total. The summed E-state index contributed by atoms with van der Waals surface area (Å²) in [7, 11) is 0. The summed E-state index contributed by atoms with van der Waals surface area (Å²) >= 11 is 0. The molecule has 94 valence electrons. The highest BCUT2D eigenvalue weighted by atomic mass is 16.5. The predicted octanol–water partition coefficient (Wildman–Crippen LogP) is 1.47. The number of hydrogen-bond acceptors (Lipinski definition) is 3. The summed E-state index contributed by atoms with van der Waals surface area (Å²) in [6.45, 7) is 8.79. The van der Waals surface area contributed by atoms with Crippen molar-refractivity contribution in [1.82, 2.24) is 4.90 Å². The topological polar surface area (TPSA) is 38.5 Å². The smallest absolute Gasteiger partial charge is 0.0521 e. The molecule has 4 unspecified atom stereocenters. The Bertz CT molecular complexity index is 222. The van der Waals surface area contributed by atoms with Gasteiger partial charge in [0.25, 0.3) is 0 Å². The van der Waals surface area contributed by atoms with Gasteiger partial charge in [-0.05, 0) is 32.1 Å². The molecule has 2 aliphatic heterocycles. The molecule has 4 atom stereocenters. The van der Waals surface area contributed by atoms with E-state index >= 15 is 0 Å². The van der Waals surface area contributed by atoms with Gasteiger partial charge >= 0.3 is 0 Å². The van der Waals surface area contributed by atoms with Gasteiger partial charge in [0.2, 0.25) is 0 Å². The molecule has 0 aromatic carbocycles. The van der Waals surface area contributed by atoms with E-state index in [1.807, 2.05) is 0 Å². The van der Waals surface area contributed by atoms with E-state index in [0.717, 1.165) is 38.1 Å². The predicted molar refractivity (Wildman–Crippen MR) is 66.3 cm³/mol. The van der Waals surface area contributed by atoms with Gasteiger partial charge in [0.1, 0.15) is 0 Å². The number of likely N-dealkylation sites (tertiary alicyclic amines) is 1. The lowest BCUT2D eigenvalue weighted by Gasteiger charge is -2.41. The van der Waals surface area contributed by atoms with Crippen LogP contribution in [-0.2, 0) is 4.74 Å². The van der Waals surface area contributed by atoms with E-state index in [-0.39, 0.29) is 0 Å². The second-order valence-electron chi connectivity index (χ2n) is 5.77. The maximum Gasteiger partial charge on any atom is 0.0521 e. The van der Waals surface area contributed by atoms with Crippen LogP contribution in [0.3, 0.4) is 0 Å². The lowest BCUT2D eigenvalue weighted by Crippen LogP contribution is -2.49. The van der Waals surface area contributed by atoms with Crippen molar-refractivity contribution in [2.45, 2.75) is 45.2 Å². The van der Waals surface area contributed by atoms with E-state index in [9.17, 15) is 0 Å². The van der Waals surface area contributed by atoms with Crippen LogP contribution >= 0.6 is 0 Å². The fraction of sp³-hybridized carbons (Fsp3) is 1.00. The molecular formula is C13H26N2O. The number of ether oxygens (including phenoxy) is 1. The molecule has 2 heterocycles. The second kappa shape index (κ2) is 5.48. The van der Waals surface area contributed by atoms with Crippen molar-refractivity contribution in [3.63, 3.8) is 0 Å². The number of nitrogens with zero attached hydrogens (tertiary/aromatic N) is 1. The fourth-order valence-electron chi connectivity index (χ4n) is 2.94. The average molecular weight is 226 g/mol. The van der Waals surface area contributed by atoms with Crippen LogP contribution in [0, 0.1) is 11.8 Å². The quantitative estimate of drug-likeness (QED) is 0.775. The van der Waals surface area contributed by atoms with Crippen LogP contribution in [0.25, 0.3) is 0 Å². The standard InChI is InChI=1S/C13H26N2O/c1-10-3-4-11(2)15(7-10)8-12-9-16-6-5-13(12)14/h10-13H,3-9,14H2,1-2H3. The minimum atomic E-state index is 0.346. The highest BCUT2D eigenvalue weighted by Crippen LogP contribution is 2.24. The number of piperidine rings is 1. The molecule has 2 rings (SSSR count). The van der Waals surface area contributed by atoms with E-state index in [1.54, 1.807) is 0 Å². The van der Waals surface area contributed by atoms with Gasteiger partial charge in [-0.2, -0.15) is 0 Å². The molecule has 0 saturated carbocycles. The van der Waals surface area contributed by atoms with Crippen molar-refractivity contribution in [3.05, 3.63) is 0 Å². The van der Waals surface area contributed by atoms with Crippen molar-refractivity contribution in [2.24, 2.45) is 17.6 Å². The van der Waals surface area contributed by atoms with E-state index in [2.05, 4.69) is 18.7 Å². The molecule has 0 radical (unpaired) electrons. The average Bonchev–Trinajstić information content (AvgIpc) is 2.27. The zero-order valence-electron chi connectivity index (χ0n) is 10.7. The molecular weight excluding hydrogens is 200 g/mol. The van der Waals surface area contributed by atoms with Crippen molar-refractivity contribution in [2.75, 3.05) is 26.3 Å². The fourth-order valence-corrected chi connectivity index (χ4v) is 2.94. The molecule has 3 nitrogen and oxygen atoms in total. The van der Waals surface area contributed by atoms with Gasteiger partial charge in [0.15, 0.2) is 0 Å². The molecule has 0 aromatic rings. The first-order valence-corrected chi connectivity index (χ1v) is 6.74. The largest absolute Gasteiger partial charge is 0.381 e. The number of rotatable bonds is 2. The maximum absolute atomic E-state index is 6.17. The van der Waals surface area contributed by atoms with Crippen LogP contribution in [0.4, 0.5) is 0 Å². The molecule has 2 aliphatic rings. The Balaban J connectivity index is 1.86. The lowest BCUT2D eigenvalue weighted by atomic mass is 9.91. The summed E-state index contributed by atoms with van der Waals surface area (Å²) in [6, 6.07) is 1.07. The maximum atomic E-state index is 6.17. The molecule has 16 heavy (non-hydrogen) atoms. The highest BCUT2D eigenvalue weighted by molar-refractivity contribution is 4.84. The van der Waals surface area contributed by atoms with E-state index in [0.29, 0.717) is 12.0 Å². The van der Waals surface area contributed by atoms with Crippen molar-refractivity contribution >= 4 is 0 Å². The third-order valence-corrected chi connectivity index (χ3v) is 4.25. The number of nitrogens with two attached hydrogens (primary N) is 1. The minimum absolute atomic E-state index is 0.346. The van der Waals surface area contributed by atoms with Crippen LogP contribution in [0.2, 0.25) is 0 Å². The van der Waals surface area contributed by atoms with Crippen LogP contribution < -0.4 is 5.73 Å². The Morgan fingerprint density at radius 3 is 2.81 bits per heavy atom. The van der Waals surface area contributed by atoms with E-state index in [4.69, 9.17) is 10.5 Å². The molecule has 0 amide bonds. The van der Waals surface area contributed by atoms with Crippen molar-refractivity contribution in [1.29, 1.82) is 0 Å². The summed E-state index contributed by atoms with van der Waals surface area (Å²) in [4.78, 5) is 2.62. The van der Waals surface area contributed by atoms with Gasteiger partial charge in [0.05, 0.1) is 6.61 Å². The summed E-state index contributed by atoms with van der Waals surface area (Å²) in [5.74, 6) is 1.39. The SMILES string of the molecule is CC1CCC(C)N(CC2COCCC2N)C1. The Morgan fingerprint density at radius 1 is 1.25 bits per heavy atom. The Hall–Kier alpha value is -0.120. The van der Waals surface area contributed by atoms with Gasteiger partial charge in [0, 0.05) is 37.7 Å². The van der Waals surface area contributed by atoms with Crippen molar-refractivity contribution in [3.8, 4) is 0 Å². The van der Waals surface area contributed by atoms with E-state index in [1.165, 1.54) is 19.4 Å². The van der Waals surface area contributed by atoms with Crippen molar-refractivity contribution < 1.29 is 4.74 Å². The van der Waals surface area contributed by atoms with Gasteiger partial charge < -0.3 is 10.5 Å². The van der Waals surface area contributed by atoms with Gasteiger partial charge in [-0.1, -0.05) is 6.92 Å². The molecule has 2 saturated heterocycles. The van der Waals surface area contributed by atoms with Crippen LogP contribution in [0.1, 0.15) is 33.1 Å². The molecule has 0 bridgehead atoms. The Labute approximate surface area is 99.3 Å². The molecule has 0 spiro atoms. The van der Waals surface area contributed by atoms with E-state index < -0.39 is 0 Å². The monoisotopic (exact) mass is 226 g/mol. The first-order chi connectivity index (χ1) is 7.66. The lowest BCUT2D eigenvalue weighted by molar-refractivity contribution is 0.00994. The first-order valence-electron chi connectivity index (χ1n) is 6.74. The molecule has 2 fully saturated rings. The number of hydrogen-bond donors (Lipinski definition) is 1. The normalized spacial score (nSPS) is 42.2. The van der Waals surface area contributed by atoms with Gasteiger partial charge in [-0.15, -0.1) is 0 Å². The van der Waals surface area contributed by atoms with Crippen LogP contribution in [0.5, 0.6) is 0 Å². The zero-order chi connectivity index (χ0) is 11.5. The summed E-state index contributed by atoms with van der Waals surface area (Å²) < 4.78 is 5.55. The molecule has 0 aliphatic carbocycles. The summed E-state index contributed by atoms with van der Waals surface area (Å²) in [6.07, 6.45) is 3.75. The Kier molecular flexibility index (Phi) is 4.22. The summed E-state index contributed by atoms with van der Waals surface area (Å²) in [5, 5.41) is 0. The van der Waals surface area contributed by atoms with Gasteiger partial charge in [-0.3, -0.25) is 4.90 Å². The molecule has 0 aromatic heterocycles. The highest BCUT2D eigenvalue weighted by Gasteiger charge is 2.29. The molecule has 3 heteroatoms. The first kappa shape index (κ1) is 12.3. The minimum Gasteiger partial charge on any atom is -0.381 e. The van der Waals surface area contributed by atoms with Crippen LogP contribution in [0.15, 0.2) is 0 Å². The van der Waals surface area contributed by atoms with Crippen LogP contribution in [-0.4, -0.2) is 43.3 Å².